The third-order valence-electron chi connectivity index (χ3n) is 3.12. The molecule has 0 saturated carbocycles. The predicted octanol–water partition coefficient (Wildman–Crippen LogP) is 1.23. The van der Waals surface area contributed by atoms with E-state index in [9.17, 15) is 0 Å². The van der Waals surface area contributed by atoms with E-state index < -0.39 is 0 Å². The van der Waals surface area contributed by atoms with E-state index in [0.29, 0.717) is 0 Å². The van der Waals surface area contributed by atoms with Crippen molar-refractivity contribution >= 4 is 0 Å². The van der Waals surface area contributed by atoms with Gasteiger partial charge in [-0.3, -0.25) is 4.68 Å². The van der Waals surface area contributed by atoms with E-state index in [4.69, 9.17) is 5.73 Å². The zero-order valence-electron chi connectivity index (χ0n) is 11.1. The van der Waals surface area contributed by atoms with Crippen LogP contribution in [0, 0.1) is 5.41 Å². The van der Waals surface area contributed by atoms with E-state index in [2.05, 4.69) is 44.0 Å². The van der Waals surface area contributed by atoms with Gasteiger partial charge in [0.1, 0.15) is 0 Å². The zero-order valence-corrected chi connectivity index (χ0v) is 11.1. The molecule has 0 aliphatic rings. The van der Waals surface area contributed by atoms with Crippen LogP contribution in [0.4, 0.5) is 0 Å². The van der Waals surface area contributed by atoms with Crippen molar-refractivity contribution in [2.24, 2.45) is 18.2 Å². The quantitative estimate of drug-likeness (QED) is 0.818. The lowest BCUT2D eigenvalue weighted by molar-refractivity contribution is 0.178. The fourth-order valence-corrected chi connectivity index (χ4v) is 1.76. The first-order valence-corrected chi connectivity index (χ1v) is 5.73. The van der Waals surface area contributed by atoms with Gasteiger partial charge in [-0.25, -0.2) is 0 Å². The van der Waals surface area contributed by atoms with Crippen molar-refractivity contribution in [3.05, 3.63) is 18.0 Å². The van der Waals surface area contributed by atoms with Crippen LogP contribution in [-0.4, -0.2) is 34.3 Å². The number of hydrogen-bond donors (Lipinski definition) is 1. The molecular weight excluding hydrogens is 200 g/mol. The van der Waals surface area contributed by atoms with Gasteiger partial charge in [-0.1, -0.05) is 13.8 Å². The summed E-state index contributed by atoms with van der Waals surface area (Å²) in [6, 6.07) is 0.198. The highest BCUT2D eigenvalue weighted by molar-refractivity contribution is 5.03. The molecule has 1 aromatic rings. The topological polar surface area (TPSA) is 47.1 Å². The Kier molecular flexibility index (Phi) is 4.10. The van der Waals surface area contributed by atoms with E-state index in [1.807, 2.05) is 17.9 Å². The highest BCUT2D eigenvalue weighted by Gasteiger charge is 2.24. The standard InChI is InChI=1S/C12H24N4/c1-10(13)12(2,3)9-15(4)7-11-6-14-16(5)8-11/h6,8,10H,7,9,13H2,1-5H3. The Morgan fingerprint density at radius 2 is 2.19 bits per heavy atom. The molecule has 2 N–H and O–H groups in total. The highest BCUT2D eigenvalue weighted by atomic mass is 15.2. The predicted molar refractivity (Wildman–Crippen MR) is 67.0 cm³/mol. The molecule has 0 saturated heterocycles. The minimum Gasteiger partial charge on any atom is -0.327 e. The number of hydrogen-bond acceptors (Lipinski definition) is 3. The molecular formula is C12H24N4. The van der Waals surface area contributed by atoms with Gasteiger partial charge in [-0.2, -0.15) is 5.10 Å². The van der Waals surface area contributed by atoms with Crippen LogP contribution in [0.3, 0.4) is 0 Å². The van der Waals surface area contributed by atoms with Crippen LogP contribution < -0.4 is 5.73 Å². The van der Waals surface area contributed by atoms with Gasteiger partial charge >= 0.3 is 0 Å². The van der Waals surface area contributed by atoms with Gasteiger partial charge in [-0.15, -0.1) is 0 Å². The summed E-state index contributed by atoms with van der Waals surface area (Å²) in [5, 5.41) is 4.17. The van der Waals surface area contributed by atoms with Crippen LogP contribution in [0.15, 0.2) is 12.4 Å². The molecule has 0 aliphatic heterocycles. The van der Waals surface area contributed by atoms with Gasteiger partial charge < -0.3 is 10.6 Å². The third-order valence-corrected chi connectivity index (χ3v) is 3.12. The van der Waals surface area contributed by atoms with Gasteiger partial charge in [0, 0.05) is 37.9 Å². The van der Waals surface area contributed by atoms with Gasteiger partial charge in [0.15, 0.2) is 0 Å². The van der Waals surface area contributed by atoms with Crippen LogP contribution in [0.25, 0.3) is 0 Å². The Balaban J connectivity index is 2.50. The third kappa shape index (κ3) is 3.61. The molecule has 1 unspecified atom stereocenters. The van der Waals surface area contributed by atoms with Crippen molar-refractivity contribution in [3.8, 4) is 0 Å². The highest BCUT2D eigenvalue weighted by Crippen LogP contribution is 2.20. The molecule has 16 heavy (non-hydrogen) atoms. The average Bonchev–Trinajstić information content (AvgIpc) is 2.49. The summed E-state index contributed by atoms with van der Waals surface area (Å²) in [7, 11) is 4.06. The van der Waals surface area contributed by atoms with Gasteiger partial charge in [0.05, 0.1) is 6.20 Å². The van der Waals surface area contributed by atoms with Crippen LogP contribution in [0.1, 0.15) is 26.3 Å². The van der Waals surface area contributed by atoms with Crippen molar-refractivity contribution in [1.82, 2.24) is 14.7 Å². The first kappa shape index (κ1) is 13.2. The maximum absolute atomic E-state index is 5.97. The van der Waals surface area contributed by atoms with Crippen molar-refractivity contribution in [3.63, 3.8) is 0 Å². The Labute approximate surface area is 98.4 Å². The molecule has 0 radical (unpaired) electrons. The first-order valence-electron chi connectivity index (χ1n) is 5.73. The number of aryl methyl sites for hydroxylation is 1. The summed E-state index contributed by atoms with van der Waals surface area (Å²) in [5.74, 6) is 0. The Morgan fingerprint density at radius 3 is 2.62 bits per heavy atom. The molecule has 0 aliphatic carbocycles. The second-order valence-corrected chi connectivity index (χ2v) is 5.47. The Morgan fingerprint density at radius 1 is 1.56 bits per heavy atom. The number of nitrogens with zero attached hydrogens (tertiary/aromatic N) is 3. The van der Waals surface area contributed by atoms with E-state index in [1.165, 1.54) is 5.56 Å². The summed E-state index contributed by atoms with van der Waals surface area (Å²) < 4.78 is 1.83. The molecule has 1 atom stereocenters. The molecule has 1 heterocycles. The molecule has 4 heteroatoms. The van der Waals surface area contributed by atoms with Crippen molar-refractivity contribution in [2.75, 3.05) is 13.6 Å². The monoisotopic (exact) mass is 224 g/mol. The number of rotatable bonds is 5. The van der Waals surface area contributed by atoms with Crippen molar-refractivity contribution in [1.29, 1.82) is 0 Å². The molecule has 0 spiro atoms. The lowest BCUT2D eigenvalue weighted by Crippen LogP contribution is -2.42. The molecule has 92 valence electrons. The van der Waals surface area contributed by atoms with Gasteiger partial charge in [0.25, 0.3) is 0 Å². The molecule has 0 bridgehead atoms. The summed E-state index contributed by atoms with van der Waals surface area (Å²) in [5.41, 5.74) is 7.35. The molecule has 0 amide bonds. The smallest absolute Gasteiger partial charge is 0.0534 e. The van der Waals surface area contributed by atoms with E-state index in [0.717, 1.165) is 13.1 Å². The van der Waals surface area contributed by atoms with Crippen LogP contribution >= 0.6 is 0 Å². The SMILES string of the molecule is CC(N)C(C)(C)CN(C)Cc1cnn(C)c1. The summed E-state index contributed by atoms with van der Waals surface area (Å²) in [6.45, 7) is 8.39. The second-order valence-electron chi connectivity index (χ2n) is 5.47. The molecule has 4 nitrogen and oxygen atoms in total. The Hall–Kier alpha value is -0.870. The van der Waals surface area contributed by atoms with E-state index in [-0.39, 0.29) is 11.5 Å². The number of nitrogens with two attached hydrogens (primary N) is 1. The fraction of sp³-hybridized carbons (Fsp3) is 0.750. The minimum absolute atomic E-state index is 0.136. The van der Waals surface area contributed by atoms with Crippen LogP contribution in [0.5, 0.6) is 0 Å². The fourth-order valence-electron chi connectivity index (χ4n) is 1.76. The van der Waals surface area contributed by atoms with Crippen molar-refractivity contribution < 1.29 is 0 Å². The lowest BCUT2D eigenvalue weighted by Gasteiger charge is -2.33. The maximum Gasteiger partial charge on any atom is 0.0534 e. The minimum atomic E-state index is 0.136. The second kappa shape index (κ2) is 4.97. The van der Waals surface area contributed by atoms with Gasteiger partial charge in [0.2, 0.25) is 0 Å². The van der Waals surface area contributed by atoms with E-state index in [1.54, 1.807) is 0 Å². The largest absolute Gasteiger partial charge is 0.327 e. The summed E-state index contributed by atoms with van der Waals surface area (Å²) >= 11 is 0. The summed E-state index contributed by atoms with van der Waals surface area (Å²) in [6.07, 6.45) is 3.96. The van der Waals surface area contributed by atoms with Gasteiger partial charge in [-0.05, 0) is 19.4 Å². The molecule has 1 aromatic heterocycles. The maximum atomic E-state index is 5.97. The molecule has 1 rings (SSSR count). The number of aromatic nitrogens is 2. The van der Waals surface area contributed by atoms with Crippen LogP contribution in [0.2, 0.25) is 0 Å². The average molecular weight is 224 g/mol. The first-order chi connectivity index (χ1) is 7.31. The molecule has 0 fully saturated rings. The zero-order chi connectivity index (χ0) is 12.3. The van der Waals surface area contributed by atoms with E-state index >= 15 is 0 Å². The molecule has 0 aromatic carbocycles. The normalized spacial score (nSPS) is 14.4. The lowest BCUT2D eigenvalue weighted by atomic mass is 9.85. The van der Waals surface area contributed by atoms with Crippen molar-refractivity contribution in [2.45, 2.75) is 33.4 Å². The van der Waals surface area contributed by atoms with Crippen LogP contribution in [-0.2, 0) is 13.6 Å². The summed E-state index contributed by atoms with van der Waals surface area (Å²) in [4.78, 5) is 2.29. The Bertz CT molecular complexity index is 328.